The largest absolute Gasteiger partial charge is 0.416 e. The number of benzene rings is 2. The first-order valence-electron chi connectivity index (χ1n) is 6.82. The fourth-order valence-electron chi connectivity index (χ4n) is 1.89. The standard InChI is InChI=1S/C15H11F4N3O3/c16-12-6-5-11(7-13(12)22(24)25)20-8-14(23)21-10-3-1-9(2-4-10)15(17,18)19/h1-7,20H,8H2,(H,21,23). The molecular weight excluding hydrogens is 346 g/mol. The molecular formula is C15H11F4N3O3. The number of anilines is 2. The summed E-state index contributed by atoms with van der Waals surface area (Å²) in [5, 5.41) is 15.6. The highest BCUT2D eigenvalue weighted by molar-refractivity contribution is 5.93. The fraction of sp³-hybridized carbons (Fsp3) is 0.133. The molecule has 0 heterocycles. The van der Waals surface area contributed by atoms with E-state index in [0.29, 0.717) is 0 Å². The lowest BCUT2D eigenvalue weighted by Gasteiger charge is -2.10. The van der Waals surface area contributed by atoms with Crippen molar-refractivity contribution in [3.63, 3.8) is 0 Å². The van der Waals surface area contributed by atoms with Crippen LogP contribution in [0.1, 0.15) is 5.56 Å². The minimum atomic E-state index is -4.47. The van der Waals surface area contributed by atoms with E-state index in [0.717, 1.165) is 36.4 Å². The maximum atomic E-state index is 13.2. The van der Waals surface area contributed by atoms with E-state index in [4.69, 9.17) is 0 Å². The van der Waals surface area contributed by atoms with Crippen LogP contribution in [0, 0.1) is 15.9 Å². The van der Waals surface area contributed by atoms with Gasteiger partial charge in [-0.15, -0.1) is 0 Å². The van der Waals surface area contributed by atoms with Crippen LogP contribution >= 0.6 is 0 Å². The Bertz CT molecular complexity index is 792. The Morgan fingerprint density at radius 3 is 2.24 bits per heavy atom. The van der Waals surface area contributed by atoms with Gasteiger partial charge in [-0.25, -0.2) is 0 Å². The summed E-state index contributed by atoms with van der Waals surface area (Å²) in [7, 11) is 0. The highest BCUT2D eigenvalue weighted by Crippen LogP contribution is 2.29. The van der Waals surface area contributed by atoms with Gasteiger partial charge in [0, 0.05) is 17.4 Å². The molecule has 10 heteroatoms. The molecule has 2 aromatic carbocycles. The zero-order valence-corrected chi connectivity index (χ0v) is 12.4. The average molecular weight is 357 g/mol. The number of nitro benzene ring substituents is 1. The topological polar surface area (TPSA) is 84.3 Å². The second-order valence-electron chi connectivity index (χ2n) is 4.90. The highest BCUT2D eigenvalue weighted by atomic mass is 19.4. The second kappa shape index (κ2) is 7.16. The molecule has 6 nitrogen and oxygen atoms in total. The number of amides is 1. The zero-order chi connectivity index (χ0) is 18.6. The van der Waals surface area contributed by atoms with Crippen LogP contribution in [0.4, 0.5) is 34.6 Å². The van der Waals surface area contributed by atoms with Crippen molar-refractivity contribution in [2.45, 2.75) is 6.18 Å². The zero-order valence-electron chi connectivity index (χ0n) is 12.4. The minimum Gasteiger partial charge on any atom is -0.376 e. The van der Waals surface area contributed by atoms with Crippen molar-refractivity contribution < 1.29 is 27.3 Å². The van der Waals surface area contributed by atoms with Gasteiger partial charge in [0.25, 0.3) is 0 Å². The Balaban J connectivity index is 1.95. The van der Waals surface area contributed by atoms with Gasteiger partial charge >= 0.3 is 11.9 Å². The van der Waals surface area contributed by atoms with E-state index in [1.54, 1.807) is 0 Å². The summed E-state index contributed by atoms with van der Waals surface area (Å²) in [6, 6.07) is 6.88. The molecule has 132 valence electrons. The quantitative estimate of drug-likeness (QED) is 0.484. The summed E-state index contributed by atoms with van der Waals surface area (Å²) < 4.78 is 50.5. The summed E-state index contributed by atoms with van der Waals surface area (Å²) in [5.74, 6) is -1.60. The Morgan fingerprint density at radius 2 is 1.68 bits per heavy atom. The number of hydrogen-bond acceptors (Lipinski definition) is 4. The van der Waals surface area contributed by atoms with Crippen LogP contribution < -0.4 is 10.6 Å². The number of nitro groups is 1. The van der Waals surface area contributed by atoms with Crippen LogP contribution in [-0.4, -0.2) is 17.4 Å². The molecule has 0 saturated carbocycles. The van der Waals surface area contributed by atoms with Crippen LogP contribution in [0.5, 0.6) is 0 Å². The normalized spacial score (nSPS) is 11.0. The molecule has 0 unspecified atom stereocenters. The first kappa shape index (κ1) is 18.2. The lowest BCUT2D eigenvalue weighted by atomic mass is 10.2. The van der Waals surface area contributed by atoms with Crippen LogP contribution in [-0.2, 0) is 11.0 Å². The number of halogens is 4. The first-order chi connectivity index (χ1) is 11.7. The number of carbonyl (C=O) groups excluding carboxylic acids is 1. The van der Waals surface area contributed by atoms with Crippen molar-refractivity contribution in [2.75, 3.05) is 17.2 Å². The van der Waals surface area contributed by atoms with Crippen LogP contribution in [0.3, 0.4) is 0 Å². The Hall–Kier alpha value is -3.17. The van der Waals surface area contributed by atoms with Crippen molar-refractivity contribution in [1.29, 1.82) is 0 Å². The predicted octanol–water partition coefficient (Wildman–Crippen LogP) is 3.80. The van der Waals surface area contributed by atoms with Gasteiger partial charge in [0.15, 0.2) is 0 Å². The molecule has 0 radical (unpaired) electrons. The summed E-state index contributed by atoms with van der Waals surface area (Å²) in [4.78, 5) is 21.5. The predicted molar refractivity (Wildman–Crippen MR) is 81.6 cm³/mol. The Kier molecular flexibility index (Phi) is 5.20. The highest BCUT2D eigenvalue weighted by Gasteiger charge is 2.29. The van der Waals surface area contributed by atoms with Gasteiger partial charge in [-0.2, -0.15) is 17.6 Å². The molecule has 0 atom stereocenters. The van der Waals surface area contributed by atoms with Gasteiger partial charge in [-0.3, -0.25) is 14.9 Å². The summed E-state index contributed by atoms with van der Waals surface area (Å²) in [5.41, 5.74) is -1.28. The van der Waals surface area contributed by atoms with Crippen LogP contribution in [0.25, 0.3) is 0 Å². The van der Waals surface area contributed by atoms with Crippen molar-refractivity contribution in [2.24, 2.45) is 0 Å². The van der Waals surface area contributed by atoms with E-state index < -0.39 is 34.1 Å². The molecule has 0 saturated heterocycles. The van der Waals surface area contributed by atoms with Gasteiger partial charge in [0.05, 0.1) is 17.0 Å². The van der Waals surface area contributed by atoms with Gasteiger partial charge < -0.3 is 10.6 Å². The lowest BCUT2D eigenvalue weighted by Crippen LogP contribution is -2.21. The van der Waals surface area contributed by atoms with E-state index in [9.17, 15) is 32.5 Å². The monoisotopic (exact) mass is 357 g/mol. The molecule has 0 aromatic heterocycles. The first-order valence-corrected chi connectivity index (χ1v) is 6.82. The van der Waals surface area contributed by atoms with Gasteiger partial charge in [0.1, 0.15) is 0 Å². The average Bonchev–Trinajstić information content (AvgIpc) is 2.53. The smallest absolute Gasteiger partial charge is 0.376 e. The second-order valence-corrected chi connectivity index (χ2v) is 4.90. The molecule has 0 fully saturated rings. The number of hydrogen-bond donors (Lipinski definition) is 2. The maximum Gasteiger partial charge on any atom is 0.416 e. The number of nitrogens with zero attached hydrogens (tertiary/aromatic N) is 1. The number of rotatable bonds is 5. The Morgan fingerprint density at radius 1 is 1.08 bits per heavy atom. The van der Waals surface area contributed by atoms with Crippen molar-refractivity contribution in [3.8, 4) is 0 Å². The number of carbonyl (C=O) groups is 1. The SMILES string of the molecule is O=C(CNc1ccc(F)c([N+](=O)[O-])c1)Nc1ccc(C(F)(F)F)cc1. The third-order valence-electron chi connectivity index (χ3n) is 3.09. The third kappa shape index (κ3) is 4.90. The fourth-order valence-corrected chi connectivity index (χ4v) is 1.89. The number of nitrogens with one attached hydrogen (secondary N) is 2. The van der Waals surface area contributed by atoms with E-state index in [1.165, 1.54) is 6.07 Å². The summed E-state index contributed by atoms with van der Waals surface area (Å²) >= 11 is 0. The molecule has 2 rings (SSSR count). The van der Waals surface area contributed by atoms with E-state index in [1.807, 2.05) is 0 Å². The van der Waals surface area contributed by atoms with Crippen LogP contribution in [0.2, 0.25) is 0 Å². The molecule has 25 heavy (non-hydrogen) atoms. The molecule has 0 bridgehead atoms. The minimum absolute atomic E-state index is 0.149. The van der Waals surface area contributed by atoms with E-state index >= 15 is 0 Å². The number of alkyl halides is 3. The molecule has 1 amide bonds. The van der Waals surface area contributed by atoms with Crippen LogP contribution in [0.15, 0.2) is 42.5 Å². The van der Waals surface area contributed by atoms with E-state index in [2.05, 4.69) is 10.6 Å². The van der Waals surface area contributed by atoms with Crippen molar-refractivity contribution in [1.82, 2.24) is 0 Å². The molecule has 0 aliphatic carbocycles. The summed E-state index contributed by atoms with van der Waals surface area (Å²) in [6.07, 6.45) is -4.47. The van der Waals surface area contributed by atoms with Crippen molar-refractivity contribution in [3.05, 3.63) is 64.0 Å². The van der Waals surface area contributed by atoms with Crippen molar-refractivity contribution >= 4 is 23.0 Å². The molecule has 0 aliphatic rings. The van der Waals surface area contributed by atoms with E-state index in [-0.39, 0.29) is 17.9 Å². The van der Waals surface area contributed by atoms with Gasteiger partial charge in [-0.1, -0.05) is 0 Å². The lowest BCUT2D eigenvalue weighted by molar-refractivity contribution is -0.387. The molecule has 2 aromatic rings. The van der Waals surface area contributed by atoms with Gasteiger partial charge in [0.2, 0.25) is 11.7 Å². The molecule has 2 N–H and O–H groups in total. The Labute approximate surface area is 138 Å². The summed E-state index contributed by atoms with van der Waals surface area (Å²) in [6.45, 7) is -0.316. The third-order valence-corrected chi connectivity index (χ3v) is 3.09. The maximum absolute atomic E-state index is 13.2. The molecule has 0 aliphatic heterocycles. The van der Waals surface area contributed by atoms with Gasteiger partial charge in [-0.05, 0) is 36.4 Å². The molecule has 0 spiro atoms.